The monoisotopic (exact) mass is 261 g/mol. The molecule has 19 heavy (non-hydrogen) atoms. The average molecular weight is 261 g/mol. The molecule has 0 aliphatic heterocycles. The van der Waals surface area contributed by atoms with Gasteiger partial charge in [-0.25, -0.2) is 0 Å². The smallest absolute Gasteiger partial charge is 0.224 e. The quantitative estimate of drug-likeness (QED) is 0.817. The van der Waals surface area contributed by atoms with Gasteiger partial charge in [0.05, 0.1) is 0 Å². The zero-order valence-electron chi connectivity index (χ0n) is 11.6. The van der Waals surface area contributed by atoms with Crippen LogP contribution in [0.5, 0.6) is 0 Å². The standard InChI is InChI=1S/C15H23N3O/c1-2-3-13(16)10-15(19)18(14-4-5-14)11-12-6-8-17-9-7-12/h6-9,13-14H,2-5,10-11,16H2,1H3. The van der Waals surface area contributed by atoms with E-state index >= 15 is 0 Å². The molecule has 1 heterocycles. The first-order chi connectivity index (χ1) is 9.20. The molecule has 0 radical (unpaired) electrons. The molecule has 1 aromatic rings. The van der Waals surface area contributed by atoms with Gasteiger partial charge >= 0.3 is 0 Å². The van der Waals surface area contributed by atoms with Crippen LogP contribution in [0, 0.1) is 0 Å². The summed E-state index contributed by atoms with van der Waals surface area (Å²) >= 11 is 0. The first kappa shape index (κ1) is 14.0. The van der Waals surface area contributed by atoms with Gasteiger partial charge in [0, 0.05) is 37.4 Å². The summed E-state index contributed by atoms with van der Waals surface area (Å²) in [5, 5.41) is 0. The zero-order valence-corrected chi connectivity index (χ0v) is 11.6. The summed E-state index contributed by atoms with van der Waals surface area (Å²) in [6, 6.07) is 4.36. The van der Waals surface area contributed by atoms with Crippen molar-refractivity contribution in [2.24, 2.45) is 5.73 Å². The molecule has 1 fully saturated rings. The van der Waals surface area contributed by atoms with Gasteiger partial charge in [-0.2, -0.15) is 0 Å². The Labute approximate surface area is 115 Å². The minimum absolute atomic E-state index is 0.00353. The van der Waals surface area contributed by atoms with Gasteiger partial charge in [0.2, 0.25) is 5.91 Å². The minimum Gasteiger partial charge on any atom is -0.335 e. The molecule has 0 saturated heterocycles. The van der Waals surface area contributed by atoms with Gasteiger partial charge in [-0.3, -0.25) is 9.78 Å². The summed E-state index contributed by atoms with van der Waals surface area (Å²) in [7, 11) is 0. The molecule has 1 saturated carbocycles. The molecule has 104 valence electrons. The minimum atomic E-state index is -0.00353. The van der Waals surface area contributed by atoms with E-state index in [2.05, 4.69) is 11.9 Å². The van der Waals surface area contributed by atoms with Crippen molar-refractivity contribution in [2.45, 2.75) is 57.7 Å². The SMILES string of the molecule is CCCC(N)CC(=O)N(Cc1ccncc1)C1CC1. The molecule has 1 unspecified atom stereocenters. The summed E-state index contributed by atoms with van der Waals surface area (Å²) in [5.74, 6) is 0.195. The van der Waals surface area contributed by atoms with E-state index in [-0.39, 0.29) is 11.9 Å². The van der Waals surface area contributed by atoms with Gasteiger partial charge in [-0.05, 0) is 37.0 Å². The van der Waals surface area contributed by atoms with Gasteiger partial charge in [-0.1, -0.05) is 13.3 Å². The van der Waals surface area contributed by atoms with Crippen LogP contribution in [0.3, 0.4) is 0 Å². The second-order valence-corrected chi connectivity index (χ2v) is 5.36. The van der Waals surface area contributed by atoms with Crippen molar-refractivity contribution >= 4 is 5.91 Å². The van der Waals surface area contributed by atoms with Crippen LogP contribution in [0.4, 0.5) is 0 Å². The number of carbonyl (C=O) groups excluding carboxylic acids is 1. The van der Waals surface area contributed by atoms with Crippen molar-refractivity contribution in [1.82, 2.24) is 9.88 Å². The van der Waals surface area contributed by atoms with Gasteiger partial charge in [0.25, 0.3) is 0 Å². The molecule has 0 spiro atoms. The Balaban J connectivity index is 1.94. The molecule has 0 aromatic carbocycles. The number of amides is 1. The highest BCUT2D eigenvalue weighted by Crippen LogP contribution is 2.29. The maximum atomic E-state index is 12.3. The molecule has 4 nitrogen and oxygen atoms in total. The number of rotatable bonds is 7. The first-order valence-electron chi connectivity index (χ1n) is 7.14. The third kappa shape index (κ3) is 4.31. The van der Waals surface area contributed by atoms with E-state index in [9.17, 15) is 4.79 Å². The van der Waals surface area contributed by atoms with Crippen LogP contribution in [0.15, 0.2) is 24.5 Å². The van der Waals surface area contributed by atoms with Crippen molar-refractivity contribution in [3.63, 3.8) is 0 Å². The van der Waals surface area contributed by atoms with Crippen molar-refractivity contribution in [3.05, 3.63) is 30.1 Å². The lowest BCUT2D eigenvalue weighted by Crippen LogP contribution is -2.37. The van der Waals surface area contributed by atoms with Crippen molar-refractivity contribution < 1.29 is 4.79 Å². The topological polar surface area (TPSA) is 59.2 Å². The third-order valence-corrected chi connectivity index (χ3v) is 3.51. The van der Waals surface area contributed by atoms with E-state index in [0.29, 0.717) is 19.0 Å². The van der Waals surface area contributed by atoms with Crippen LogP contribution in [0.1, 0.15) is 44.6 Å². The van der Waals surface area contributed by atoms with E-state index in [1.54, 1.807) is 12.4 Å². The largest absolute Gasteiger partial charge is 0.335 e. The van der Waals surface area contributed by atoms with Crippen LogP contribution in [0.25, 0.3) is 0 Å². The van der Waals surface area contributed by atoms with E-state index in [1.165, 1.54) is 0 Å². The Kier molecular flexibility index (Phi) is 4.91. The summed E-state index contributed by atoms with van der Waals surface area (Å²) < 4.78 is 0. The fraction of sp³-hybridized carbons (Fsp3) is 0.600. The van der Waals surface area contributed by atoms with E-state index < -0.39 is 0 Å². The lowest BCUT2D eigenvalue weighted by atomic mass is 10.1. The lowest BCUT2D eigenvalue weighted by molar-refractivity contribution is -0.132. The molecule has 1 atom stereocenters. The summed E-state index contributed by atoms with van der Waals surface area (Å²) in [6.45, 7) is 2.78. The van der Waals surface area contributed by atoms with Crippen LogP contribution >= 0.6 is 0 Å². The van der Waals surface area contributed by atoms with Crippen molar-refractivity contribution in [1.29, 1.82) is 0 Å². The zero-order chi connectivity index (χ0) is 13.7. The molecule has 4 heteroatoms. The molecular formula is C15H23N3O. The van der Waals surface area contributed by atoms with Crippen LogP contribution in [0.2, 0.25) is 0 Å². The number of pyridine rings is 1. The summed E-state index contributed by atoms with van der Waals surface area (Å²) in [5.41, 5.74) is 7.12. The molecule has 2 N–H and O–H groups in total. The van der Waals surface area contributed by atoms with Gasteiger partial charge in [-0.15, -0.1) is 0 Å². The predicted octanol–water partition coefficient (Wildman–Crippen LogP) is 2.09. The normalized spacial score (nSPS) is 16.1. The third-order valence-electron chi connectivity index (χ3n) is 3.51. The molecule has 1 amide bonds. The molecule has 1 aliphatic carbocycles. The Morgan fingerprint density at radius 3 is 2.74 bits per heavy atom. The first-order valence-corrected chi connectivity index (χ1v) is 7.14. The fourth-order valence-corrected chi connectivity index (χ4v) is 2.31. The molecule has 1 aliphatic rings. The lowest BCUT2D eigenvalue weighted by Gasteiger charge is -2.24. The highest BCUT2D eigenvalue weighted by Gasteiger charge is 2.32. The number of hydrogen-bond donors (Lipinski definition) is 1. The van der Waals surface area contributed by atoms with Crippen LogP contribution in [-0.2, 0) is 11.3 Å². The van der Waals surface area contributed by atoms with E-state index in [0.717, 1.165) is 31.2 Å². The number of nitrogens with two attached hydrogens (primary N) is 1. The number of nitrogens with zero attached hydrogens (tertiary/aromatic N) is 2. The number of hydrogen-bond acceptors (Lipinski definition) is 3. The number of carbonyl (C=O) groups is 1. The van der Waals surface area contributed by atoms with Crippen molar-refractivity contribution in [2.75, 3.05) is 0 Å². The Bertz CT molecular complexity index is 403. The van der Waals surface area contributed by atoms with E-state index in [4.69, 9.17) is 5.73 Å². The summed E-state index contributed by atoms with van der Waals surface area (Å²) in [4.78, 5) is 18.3. The Hall–Kier alpha value is -1.42. The van der Waals surface area contributed by atoms with Crippen molar-refractivity contribution in [3.8, 4) is 0 Å². The molecule has 0 bridgehead atoms. The molecule has 1 aromatic heterocycles. The van der Waals surface area contributed by atoms with E-state index in [1.807, 2.05) is 17.0 Å². The predicted molar refractivity (Wildman–Crippen MR) is 75.3 cm³/mol. The second-order valence-electron chi connectivity index (χ2n) is 5.36. The second kappa shape index (κ2) is 6.66. The maximum Gasteiger partial charge on any atom is 0.224 e. The van der Waals surface area contributed by atoms with Crippen LogP contribution < -0.4 is 5.73 Å². The molecule has 2 rings (SSSR count). The van der Waals surface area contributed by atoms with Gasteiger partial charge in [0.1, 0.15) is 0 Å². The Morgan fingerprint density at radius 2 is 2.16 bits per heavy atom. The summed E-state index contributed by atoms with van der Waals surface area (Å²) in [6.07, 6.45) is 8.21. The molecular weight excluding hydrogens is 238 g/mol. The maximum absolute atomic E-state index is 12.3. The number of aromatic nitrogens is 1. The highest BCUT2D eigenvalue weighted by atomic mass is 16.2. The van der Waals surface area contributed by atoms with Crippen LogP contribution in [-0.4, -0.2) is 27.9 Å². The van der Waals surface area contributed by atoms with Gasteiger partial charge in [0.15, 0.2) is 0 Å². The fourth-order valence-electron chi connectivity index (χ4n) is 2.31. The van der Waals surface area contributed by atoms with Gasteiger partial charge < -0.3 is 10.6 Å². The average Bonchev–Trinajstić information content (AvgIpc) is 3.21. The highest BCUT2D eigenvalue weighted by molar-refractivity contribution is 5.77. The Morgan fingerprint density at radius 1 is 1.47 bits per heavy atom.